The van der Waals surface area contributed by atoms with Crippen molar-refractivity contribution in [3.63, 3.8) is 0 Å². The Kier molecular flexibility index (Phi) is 5.91. The van der Waals surface area contributed by atoms with Crippen LogP contribution in [0, 0.1) is 5.92 Å². The molecule has 1 fully saturated rings. The van der Waals surface area contributed by atoms with E-state index in [1.165, 1.54) is 0 Å². The molecule has 1 saturated heterocycles. The average molecular weight is 345 g/mol. The molecule has 6 nitrogen and oxygen atoms in total. The molecule has 0 spiro atoms. The molecule has 136 valence electrons. The van der Waals surface area contributed by atoms with Crippen LogP contribution in [0.3, 0.4) is 0 Å². The molecule has 0 radical (unpaired) electrons. The molecule has 0 atom stereocenters. The number of nitrogens with two attached hydrogens (primary N) is 1. The van der Waals surface area contributed by atoms with E-state index >= 15 is 0 Å². The van der Waals surface area contributed by atoms with Crippen LogP contribution in [-0.4, -0.2) is 43.0 Å². The summed E-state index contributed by atoms with van der Waals surface area (Å²) in [6, 6.07) is 5.73. The van der Waals surface area contributed by atoms with Gasteiger partial charge in [-0.2, -0.15) is 0 Å². The largest absolute Gasteiger partial charge is 0.494 e. The molecule has 1 aromatic rings. The van der Waals surface area contributed by atoms with E-state index in [2.05, 4.69) is 5.32 Å². The third-order valence-electron chi connectivity index (χ3n) is 5.08. The second-order valence-electron chi connectivity index (χ2n) is 6.88. The highest BCUT2D eigenvalue weighted by Crippen LogP contribution is 2.27. The van der Waals surface area contributed by atoms with E-state index in [4.69, 9.17) is 10.5 Å². The minimum Gasteiger partial charge on any atom is -0.494 e. The Bertz CT molecular complexity index is 624. The molecule has 25 heavy (non-hydrogen) atoms. The zero-order valence-corrected chi connectivity index (χ0v) is 14.6. The molecule has 2 amide bonds. The molecule has 2 aliphatic heterocycles. The van der Waals surface area contributed by atoms with Gasteiger partial charge in [-0.3, -0.25) is 9.59 Å². The average Bonchev–Trinajstić information content (AvgIpc) is 2.65. The predicted molar refractivity (Wildman–Crippen MR) is 96.5 cm³/mol. The van der Waals surface area contributed by atoms with Crippen LogP contribution in [0.1, 0.15) is 37.7 Å². The topological polar surface area (TPSA) is 84.7 Å². The van der Waals surface area contributed by atoms with E-state index in [1.54, 1.807) is 0 Å². The summed E-state index contributed by atoms with van der Waals surface area (Å²) in [5, 5.41) is 2.86. The third-order valence-corrected chi connectivity index (χ3v) is 5.08. The molecule has 0 aromatic heterocycles. The smallest absolute Gasteiger partial charge is 0.224 e. The van der Waals surface area contributed by atoms with Gasteiger partial charge in [-0.1, -0.05) is 0 Å². The van der Waals surface area contributed by atoms with Gasteiger partial charge in [-0.15, -0.1) is 0 Å². The SMILES string of the molecule is NCC1CCN(C(=O)CCCOc2ccc3c(c2)CCC(=O)N3)CC1. The van der Waals surface area contributed by atoms with Crippen molar-refractivity contribution in [3.8, 4) is 5.75 Å². The molecule has 0 saturated carbocycles. The number of likely N-dealkylation sites (tertiary alicyclic amines) is 1. The summed E-state index contributed by atoms with van der Waals surface area (Å²) in [6.45, 7) is 2.91. The minimum absolute atomic E-state index is 0.0650. The molecule has 0 aliphatic carbocycles. The summed E-state index contributed by atoms with van der Waals surface area (Å²) in [4.78, 5) is 25.5. The van der Waals surface area contributed by atoms with Gasteiger partial charge < -0.3 is 20.7 Å². The number of benzene rings is 1. The lowest BCUT2D eigenvalue weighted by molar-refractivity contribution is -0.132. The first-order valence-corrected chi connectivity index (χ1v) is 9.19. The molecule has 3 N–H and O–H groups in total. The summed E-state index contributed by atoms with van der Waals surface area (Å²) in [5.41, 5.74) is 7.67. The lowest BCUT2D eigenvalue weighted by atomic mass is 9.97. The standard InChI is InChI=1S/C19H27N3O3/c20-13-14-7-9-22(10-8-14)19(24)2-1-11-25-16-4-5-17-15(12-16)3-6-18(23)21-17/h4-5,12,14H,1-3,6-11,13,20H2,(H,21,23). The molecule has 0 bridgehead atoms. The summed E-state index contributed by atoms with van der Waals surface area (Å²) in [7, 11) is 0. The lowest BCUT2D eigenvalue weighted by Crippen LogP contribution is -2.40. The lowest BCUT2D eigenvalue weighted by Gasteiger charge is -2.31. The molecular formula is C19H27N3O3. The Morgan fingerprint density at radius 3 is 2.84 bits per heavy atom. The number of fused-ring (bicyclic) bond motifs is 1. The van der Waals surface area contributed by atoms with E-state index in [-0.39, 0.29) is 11.8 Å². The van der Waals surface area contributed by atoms with E-state index in [9.17, 15) is 9.59 Å². The second kappa shape index (κ2) is 8.34. The number of carbonyl (C=O) groups is 2. The van der Waals surface area contributed by atoms with Crippen LogP contribution in [0.15, 0.2) is 18.2 Å². The zero-order valence-electron chi connectivity index (χ0n) is 14.6. The van der Waals surface area contributed by atoms with Gasteiger partial charge in [0.15, 0.2) is 0 Å². The highest BCUT2D eigenvalue weighted by Gasteiger charge is 2.21. The van der Waals surface area contributed by atoms with E-state index in [0.29, 0.717) is 31.8 Å². The number of anilines is 1. The molecule has 3 rings (SSSR count). The molecular weight excluding hydrogens is 318 g/mol. The number of aryl methyl sites for hydroxylation is 1. The second-order valence-corrected chi connectivity index (χ2v) is 6.88. The van der Waals surface area contributed by atoms with Gasteiger partial charge in [0.25, 0.3) is 0 Å². The Labute approximate surface area is 148 Å². The summed E-state index contributed by atoms with van der Waals surface area (Å²) in [5.74, 6) is 1.65. The maximum atomic E-state index is 12.2. The van der Waals surface area contributed by atoms with E-state index in [1.807, 2.05) is 23.1 Å². The first kappa shape index (κ1) is 17.7. The Morgan fingerprint density at radius 1 is 1.28 bits per heavy atom. The zero-order chi connectivity index (χ0) is 17.6. The van der Waals surface area contributed by atoms with Gasteiger partial charge >= 0.3 is 0 Å². The number of nitrogens with zero attached hydrogens (tertiary/aromatic N) is 1. The number of carbonyl (C=O) groups excluding carboxylic acids is 2. The molecule has 6 heteroatoms. The molecule has 0 unspecified atom stereocenters. The van der Waals surface area contributed by atoms with Gasteiger partial charge in [0.05, 0.1) is 6.61 Å². The fourth-order valence-corrected chi connectivity index (χ4v) is 3.44. The van der Waals surface area contributed by atoms with Crippen molar-refractivity contribution in [2.45, 2.75) is 38.5 Å². The Morgan fingerprint density at radius 2 is 2.08 bits per heavy atom. The van der Waals surface area contributed by atoms with Crippen molar-refractivity contribution in [3.05, 3.63) is 23.8 Å². The van der Waals surface area contributed by atoms with Crippen molar-refractivity contribution in [1.29, 1.82) is 0 Å². The highest BCUT2D eigenvalue weighted by molar-refractivity contribution is 5.94. The highest BCUT2D eigenvalue weighted by atomic mass is 16.5. The number of nitrogens with one attached hydrogen (secondary N) is 1. The molecule has 1 aromatic carbocycles. The molecule has 2 heterocycles. The van der Waals surface area contributed by atoms with Gasteiger partial charge in [0.1, 0.15) is 5.75 Å². The van der Waals surface area contributed by atoms with Crippen LogP contribution in [0.4, 0.5) is 5.69 Å². The fourth-order valence-electron chi connectivity index (χ4n) is 3.44. The van der Waals surface area contributed by atoms with Crippen LogP contribution in [0.25, 0.3) is 0 Å². The van der Waals surface area contributed by atoms with Gasteiger partial charge in [0.2, 0.25) is 11.8 Å². The van der Waals surface area contributed by atoms with Gasteiger partial charge in [-0.25, -0.2) is 0 Å². The van der Waals surface area contributed by atoms with E-state index in [0.717, 1.165) is 55.9 Å². The number of ether oxygens (including phenoxy) is 1. The third kappa shape index (κ3) is 4.72. The van der Waals surface area contributed by atoms with Crippen LogP contribution in [-0.2, 0) is 16.0 Å². The maximum absolute atomic E-state index is 12.2. The van der Waals surface area contributed by atoms with Crippen molar-refractivity contribution in [2.75, 3.05) is 31.6 Å². The maximum Gasteiger partial charge on any atom is 0.224 e. The normalized spacial score (nSPS) is 17.8. The van der Waals surface area contributed by atoms with Crippen molar-refractivity contribution in [1.82, 2.24) is 4.90 Å². The van der Waals surface area contributed by atoms with Crippen LogP contribution in [0.5, 0.6) is 5.75 Å². The Hall–Kier alpha value is -2.08. The summed E-state index contributed by atoms with van der Waals surface area (Å²) < 4.78 is 5.77. The summed E-state index contributed by atoms with van der Waals surface area (Å²) >= 11 is 0. The number of rotatable bonds is 6. The Balaban J connectivity index is 1.39. The van der Waals surface area contributed by atoms with E-state index < -0.39 is 0 Å². The number of amides is 2. The van der Waals surface area contributed by atoms with Crippen molar-refractivity contribution >= 4 is 17.5 Å². The number of hydrogen-bond acceptors (Lipinski definition) is 4. The van der Waals surface area contributed by atoms with Crippen LogP contribution >= 0.6 is 0 Å². The first-order chi connectivity index (χ1) is 12.2. The number of piperidine rings is 1. The van der Waals surface area contributed by atoms with Crippen LogP contribution < -0.4 is 15.8 Å². The van der Waals surface area contributed by atoms with Gasteiger partial charge in [0, 0.05) is 31.6 Å². The number of hydrogen-bond donors (Lipinski definition) is 2. The van der Waals surface area contributed by atoms with Crippen LogP contribution in [0.2, 0.25) is 0 Å². The van der Waals surface area contributed by atoms with Crippen molar-refractivity contribution in [2.24, 2.45) is 11.7 Å². The first-order valence-electron chi connectivity index (χ1n) is 9.19. The monoisotopic (exact) mass is 345 g/mol. The minimum atomic E-state index is 0.0650. The van der Waals surface area contributed by atoms with Crippen molar-refractivity contribution < 1.29 is 14.3 Å². The fraction of sp³-hybridized carbons (Fsp3) is 0.579. The summed E-state index contributed by atoms with van der Waals surface area (Å²) in [6.07, 6.45) is 4.54. The molecule has 2 aliphatic rings. The van der Waals surface area contributed by atoms with Gasteiger partial charge in [-0.05, 0) is 61.9 Å². The quantitative estimate of drug-likeness (QED) is 0.772. The predicted octanol–water partition coefficient (Wildman–Crippen LogP) is 1.93.